The number of pyridine rings is 1. The van der Waals surface area contributed by atoms with Crippen LogP contribution in [-0.2, 0) is 13.1 Å². The van der Waals surface area contributed by atoms with Crippen molar-refractivity contribution in [2.75, 3.05) is 18.4 Å². The molecule has 0 aliphatic carbocycles. The minimum absolute atomic E-state index is 0.377. The number of nitrogens with zero attached hydrogens (tertiary/aromatic N) is 5. The number of hydrogen-bond donors (Lipinski definition) is 1. The number of anilines is 1. The molecule has 32 heavy (non-hydrogen) atoms. The molecule has 164 valence electrons. The number of fused-ring (bicyclic) bond motifs is 1. The van der Waals surface area contributed by atoms with Crippen LogP contribution in [0.25, 0.3) is 5.65 Å². The largest absolute Gasteiger partial charge is 0.366 e. The van der Waals surface area contributed by atoms with Crippen LogP contribution in [-0.4, -0.2) is 37.6 Å². The molecule has 0 amide bonds. The molecule has 0 radical (unpaired) electrons. The summed E-state index contributed by atoms with van der Waals surface area (Å²) in [6.45, 7) is 3.69. The lowest BCUT2D eigenvalue weighted by atomic mass is 9.94. The molecule has 1 aliphatic rings. The summed E-state index contributed by atoms with van der Waals surface area (Å²) in [5.74, 6) is 1.32. The van der Waals surface area contributed by atoms with Gasteiger partial charge in [-0.1, -0.05) is 29.8 Å². The first kappa shape index (κ1) is 21.4. The fourth-order valence-corrected chi connectivity index (χ4v) is 4.75. The van der Waals surface area contributed by atoms with Gasteiger partial charge in [-0.3, -0.25) is 9.88 Å². The second-order valence-corrected chi connectivity index (χ2v) is 9.50. The quantitative estimate of drug-likeness (QED) is 0.369. The Morgan fingerprint density at radius 2 is 2.00 bits per heavy atom. The van der Waals surface area contributed by atoms with Crippen LogP contribution in [0.2, 0.25) is 5.02 Å². The van der Waals surface area contributed by atoms with E-state index >= 15 is 0 Å². The Labute approximate surface area is 200 Å². The highest BCUT2D eigenvalue weighted by Crippen LogP contribution is 2.30. The number of benzene rings is 1. The monoisotopic (exact) mass is 510 g/mol. The van der Waals surface area contributed by atoms with Crippen LogP contribution in [0.15, 0.2) is 65.5 Å². The number of aromatic nitrogens is 4. The maximum atomic E-state index is 6.05. The first-order chi connectivity index (χ1) is 15.7. The SMILES string of the molecule is Clc1ccc(CN2CCCC(c3cc(NCc4cccnc4)n4ncc(Br)c4n3)C2)cc1. The van der Waals surface area contributed by atoms with Crippen molar-refractivity contribution < 1.29 is 0 Å². The van der Waals surface area contributed by atoms with Crippen molar-refractivity contribution in [2.45, 2.75) is 31.8 Å². The van der Waals surface area contributed by atoms with E-state index in [1.54, 1.807) is 12.4 Å². The fraction of sp³-hybridized carbons (Fsp3) is 0.292. The third-order valence-corrected chi connectivity index (χ3v) is 6.70. The molecule has 6 nitrogen and oxygen atoms in total. The molecule has 0 saturated carbocycles. The van der Waals surface area contributed by atoms with Crippen molar-refractivity contribution in [3.05, 3.63) is 87.4 Å². The first-order valence-corrected chi connectivity index (χ1v) is 12.0. The molecule has 1 N–H and O–H groups in total. The van der Waals surface area contributed by atoms with E-state index in [9.17, 15) is 0 Å². The topological polar surface area (TPSA) is 58.4 Å². The van der Waals surface area contributed by atoms with Gasteiger partial charge in [0.05, 0.1) is 16.4 Å². The Hall–Kier alpha value is -2.48. The Kier molecular flexibility index (Phi) is 6.39. The zero-order valence-corrected chi connectivity index (χ0v) is 19.9. The highest BCUT2D eigenvalue weighted by atomic mass is 79.9. The van der Waals surface area contributed by atoms with Crippen LogP contribution in [0.3, 0.4) is 0 Å². The Morgan fingerprint density at radius 1 is 1.12 bits per heavy atom. The van der Waals surface area contributed by atoms with Crippen molar-refractivity contribution in [3.63, 3.8) is 0 Å². The van der Waals surface area contributed by atoms with Gasteiger partial charge in [-0.2, -0.15) is 9.61 Å². The molecular formula is C24H24BrClN6. The predicted octanol–water partition coefficient (Wildman–Crippen LogP) is 5.53. The summed E-state index contributed by atoms with van der Waals surface area (Å²) >= 11 is 9.66. The zero-order chi connectivity index (χ0) is 21.9. The molecule has 1 saturated heterocycles. The van der Waals surface area contributed by atoms with Crippen LogP contribution >= 0.6 is 27.5 Å². The maximum absolute atomic E-state index is 6.05. The molecule has 4 aromatic rings. The standard InChI is InChI=1S/C24H24BrClN6/c25-21-14-29-32-23(28-13-18-3-1-9-27-12-18)11-22(30-24(21)32)19-4-2-10-31(16-19)15-17-5-7-20(26)8-6-17/h1,3,5-9,11-12,14,19,28H,2,4,10,13,15-16H2. The van der Waals surface area contributed by atoms with Crippen LogP contribution in [0.4, 0.5) is 5.82 Å². The second-order valence-electron chi connectivity index (χ2n) is 8.21. The van der Waals surface area contributed by atoms with Gasteiger partial charge in [0.25, 0.3) is 0 Å². The Morgan fingerprint density at radius 3 is 2.81 bits per heavy atom. The van der Waals surface area contributed by atoms with Gasteiger partial charge in [-0.05, 0) is 64.6 Å². The number of halogens is 2. The van der Waals surface area contributed by atoms with E-state index in [1.165, 1.54) is 5.56 Å². The van der Waals surface area contributed by atoms with Crippen molar-refractivity contribution in [2.24, 2.45) is 0 Å². The van der Waals surface area contributed by atoms with Gasteiger partial charge >= 0.3 is 0 Å². The molecule has 5 rings (SSSR count). The molecule has 1 fully saturated rings. The average Bonchev–Trinajstić information content (AvgIpc) is 3.21. The van der Waals surface area contributed by atoms with Crippen molar-refractivity contribution in [1.29, 1.82) is 0 Å². The number of nitrogens with one attached hydrogen (secondary N) is 1. The molecule has 1 aromatic carbocycles. The smallest absolute Gasteiger partial charge is 0.171 e. The van der Waals surface area contributed by atoms with Gasteiger partial charge in [0.2, 0.25) is 0 Å². The van der Waals surface area contributed by atoms with Crippen molar-refractivity contribution in [3.8, 4) is 0 Å². The average molecular weight is 512 g/mol. The highest BCUT2D eigenvalue weighted by molar-refractivity contribution is 9.10. The van der Waals surface area contributed by atoms with E-state index in [0.29, 0.717) is 12.5 Å². The van der Waals surface area contributed by atoms with Gasteiger partial charge in [0.15, 0.2) is 5.65 Å². The van der Waals surface area contributed by atoms with E-state index < -0.39 is 0 Å². The lowest BCUT2D eigenvalue weighted by Gasteiger charge is -2.32. The predicted molar refractivity (Wildman–Crippen MR) is 131 cm³/mol. The van der Waals surface area contributed by atoms with Crippen LogP contribution in [0.5, 0.6) is 0 Å². The fourth-order valence-electron chi connectivity index (χ4n) is 4.27. The summed E-state index contributed by atoms with van der Waals surface area (Å²) < 4.78 is 2.76. The summed E-state index contributed by atoms with van der Waals surface area (Å²) in [4.78, 5) is 11.7. The first-order valence-electron chi connectivity index (χ1n) is 10.8. The third kappa shape index (κ3) is 4.80. The van der Waals surface area contributed by atoms with E-state index in [2.05, 4.69) is 60.5 Å². The highest BCUT2D eigenvalue weighted by Gasteiger charge is 2.24. The normalized spacial score (nSPS) is 17.0. The molecule has 8 heteroatoms. The molecule has 0 bridgehead atoms. The molecule has 1 aliphatic heterocycles. The van der Waals surface area contributed by atoms with Crippen molar-refractivity contribution in [1.82, 2.24) is 24.5 Å². The number of piperidine rings is 1. The minimum Gasteiger partial charge on any atom is -0.366 e. The van der Waals surface area contributed by atoms with Gasteiger partial charge in [0, 0.05) is 49.0 Å². The molecule has 1 atom stereocenters. The maximum Gasteiger partial charge on any atom is 0.171 e. The lowest BCUT2D eigenvalue weighted by molar-refractivity contribution is 0.198. The zero-order valence-electron chi connectivity index (χ0n) is 17.6. The Balaban J connectivity index is 1.37. The van der Waals surface area contributed by atoms with Crippen molar-refractivity contribution >= 4 is 39.0 Å². The molecule has 3 aromatic heterocycles. The number of rotatable bonds is 6. The van der Waals surface area contributed by atoms with Crippen LogP contribution < -0.4 is 5.32 Å². The summed E-state index contributed by atoms with van der Waals surface area (Å²) in [5, 5.41) is 8.81. The minimum atomic E-state index is 0.377. The number of hydrogen-bond acceptors (Lipinski definition) is 5. The molecular weight excluding hydrogens is 488 g/mol. The van der Waals surface area contributed by atoms with Crippen LogP contribution in [0, 0.1) is 0 Å². The van der Waals surface area contributed by atoms with E-state index in [4.69, 9.17) is 16.6 Å². The lowest BCUT2D eigenvalue weighted by Crippen LogP contribution is -2.34. The second kappa shape index (κ2) is 9.57. The van der Waals surface area contributed by atoms with Gasteiger partial charge in [-0.25, -0.2) is 4.98 Å². The van der Waals surface area contributed by atoms with Gasteiger partial charge < -0.3 is 5.32 Å². The van der Waals surface area contributed by atoms with E-state index in [0.717, 1.165) is 64.7 Å². The van der Waals surface area contributed by atoms with Crippen LogP contribution in [0.1, 0.15) is 35.6 Å². The van der Waals surface area contributed by atoms with Gasteiger partial charge in [0.1, 0.15) is 5.82 Å². The summed E-state index contributed by atoms with van der Waals surface area (Å²) in [6, 6.07) is 14.3. The number of likely N-dealkylation sites (tertiary alicyclic amines) is 1. The molecule has 1 unspecified atom stereocenters. The van der Waals surface area contributed by atoms with E-state index in [1.807, 2.05) is 28.9 Å². The molecule has 4 heterocycles. The Bertz CT molecular complexity index is 1190. The summed E-state index contributed by atoms with van der Waals surface area (Å²) in [6.07, 6.45) is 7.75. The van der Waals surface area contributed by atoms with Gasteiger partial charge in [-0.15, -0.1) is 0 Å². The third-order valence-electron chi connectivity index (χ3n) is 5.89. The summed E-state index contributed by atoms with van der Waals surface area (Å²) in [5.41, 5.74) is 4.35. The summed E-state index contributed by atoms with van der Waals surface area (Å²) in [7, 11) is 0. The molecule has 0 spiro atoms. The van der Waals surface area contributed by atoms with E-state index in [-0.39, 0.29) is 0 Å².